The first kappa shape index (κ1) is 22.1. The van der Waals surface area contributed by atoms with E-state index >= 15 is 0 Å². The molecule has 2 heterocycles. The summed E-state index contributed by atoms with van der Waals surface area (Å²) in [5.74, 6) is 2.60. The largest absolute Gasteiger partial charge is 0.357 e. The monoisotopic (exact) mass is 393 g/mol. The van der Waals surface area contributed by atoms with Gasteiger partial charge in [0.05, 0.1) is 13.1 Å². The molecule has 0 spiro atoms. The first-order valence-electron chi connectivity index (χ1n) is 10.2. The molecule has 0 aliphatic carbocycles. The predicted octanol–water partition coefficient (Wildman–Crippen LogP) is 0.843. The molecule has 0 aromatic carbocycles. The maximum absolute atomic E-state index is 11.9. The Morgan fingerprint density at radius 2 is 2.07 bits per heavy atom. The second-order valence-corrected chi connectivity index (χ2v) is 7.69. The molecule has 0 radical (unpaired) electrons. The quantitative estimate of drug-likeness (QED) is 0.499. The smallest absolute Gasteiger partial charge is 0.236 e. The zero-order valence-corrected chi connectivity index (χ0v) is 17.9. The number of aliphatic imine (C=N–C) groups is 1. The van der Waals surface area contributed by atoms with Crippen LogP contribution in [-0.2, 0) is 11.2 Å². The number of carbonyl (C=O) groups excluding carboxylic acids is 1. The van der Waals surface area contributed by atoms with Gasteiger partial charge < -0.3 is 20.1 Å². The summed E-state index contributed by atoms with van der Waals surface area (Å²) >= 11 is 0. The Kier molecular flexibility index (Phi) is 8.69. The molecule has 0 bridgehead atoms. The van der Waals surface area contributed by atoms with Crippen molar-refractivity contribution in [3.8, 4) is 0 Å². The molecule has 1 aliphatic heterocycles. The van der Waals surface area contributed by atoms with Gasteiger partial charge in [-0.3, -0.25) is 14.7 Å². The van der Waals surface area contributed by atoms with Gasteiger partial charge in [-0.15, -0.1) is 0 Å². The number of hydrogen-bond acceptors (Lipinski definition) is 6. The fourth-order valence-electron chi connectivity index (χ4n) is 2.95. The highest BCUT2D eigenvalue weighted by Crippen LogP contribution is 2.11. The maximum Gasteiger partial charge on any atom is 0.236 e. The molecular formula is C19H35N7O2. The Bertz CT molecular complexity index is 634. The summed E-state index contributed by atoms with van der Waals surface area (Å²) in [5.41, 5.74) is 0. The lowest BCUT2D eigenvalue weighted by molar-refractivity contribution is -0.130. The Morgan fingerprint density at radius 1 is 1.36 bits per heavy atom. The van der Waals surface area contributed by atoms with Crippen molar-refractivity contribution in [3.05, 3.63) is 11.7 Å². The SMILES string of the molecule is CCNC(=NCCc1nc(C(C)C)no1)NC1CCN(CC(=O)N(C)C)CC1. The summed E-state index contributed by atoms with van der Waals surface area (Å²) in [6.07, 6.45) is 2.61. The topological polar surface area (TPSA) is 98.9 Å². The zero-order valence-electron chi connectivity index (χ0n) is 17.9. The number of aromatic nitrogens is 2. The molecule has 0 unspecified atom stereocenters. The minimum absolute atomic E-state index is 0.156. The van der Waals surface area contributed by atoms with Crippen molar-refractivity contribution in [2.75, 3.05) is 46.8 Å². The number of carbonyl (C=O) groups is 1. The van der Waals surface area contributed by atoms with Gasteiger partial charge in [0.25, 0.3) is 0 Å². The standard InChI is InChI=1S/C19H35N7O2/c1-6-20-19(21-10-7-16-23-18(14(2)3)24-28-16)22-15-8-11-26(12-9-15)13-17(27)25(4)5/h14-15H,6-13H2,1-5H3,(H2,20,21,22). The number of piperidine rings is 1. The minimum atomic E-state index is 0.156. The number of rotatable bonds is 8. The van der Waals surface area contributed by atoms with Crippen molar-refractivity contribution in [1.29, 1.82) is 0 Å². The molecule has 0 atom stereocenters. The van der Waals surface area contributed by atoms with Gasteiger partial charge in [0.1, 0.15) is 0 Å². The Labute approximate surface area is 167 Å². The van der Waals surface area contributed by atoms with Crippen LogP contribution in [0.5, 0.6) is 0 Å². The van der Waals surface area contributed by atoms with E-state index < -0.39 is 0 Å². The number of nitrogens with one attached hydrogen (secondary N) is 2. The van der Waals surface area contributed by atoms with Gasteiger partial charge >= 0.3 is 0 Å². The van der Waals surface area contributed by atoms with Crippen LogP contribution in [0.25, 0.3) is 0 Å². The van der Waals surface area contributed by atoms with Crippen LogP contribution < -0.4 is 10.6 Å². The summed E-state index contributed by atoms with van der Waals surface area (Å²) in [7, 11) is 3.60. The molecule has 2 N–H and O–H groups in total. The molecule has 1 aromatic rings. The molecule has 0 saturated carbocycles. The van der Waals surface area contributed by atoms with Crippen LogP contribution in [0.2, 0.25) is 0 Å². The summed E-state index contributed by atoms with van der Waals surface area (Å²) in [5, 5.41) is 10.8. The lowest BCUT2D eigenvalue weighted by atomic mass is 10.1. The fraction of sp³-hybridized carbons (Fsp3) is 0.789. The zero-order chi connectivity index (χ0) is 20.5. The van der Waals surface area contributed by atoms with Gasteiger partial charge in [-0.1, -0.05) is 19.0 Å². The Morgan fingerprint density at radius 3 is 2.64 bits per heavy atom. The van der Waals surface area contributed by atoms with Gasteiger partial charge in [-0.2, -0.15) is 4.98 Å². The van der Waals surface area contributed by atoms with Crippen molar-refractivity contribution in [2.24, 2.45) is 4.99 Å². The van der Waals surface area contributed by atoms with E-state index in [0.29, 0.717) is 31.4 Å². The van der Waals surface area contributed by atoms with Crippen LogP contribution in [0, 0.1) is 0 Å². The van der Waals surface area contributed by atoms with Crippen molar-refractivity contribution in [1.82, 2.24) is 30.6 Å². The van der Waals surface area contributed by atoms with E-state index in [4.69, 9.17) is 4.52 Å². The van der Waals surface area contributed by atoms with E-state index in [1.165, 1.54) is 0 Å². The van der Waals surface area contributed by atoms with Gasteiger partial charge in [-0.25, -0.2) is 0 Å². The number of amides is 1. The van der Waals surface area contributed by atoms with Crippen molar-refractivity contribution in [2.45, 2.75) is 52.0 Å². The number of hydrogen-bond donors (Lipinski definition) is 2. The normalized spacial score (nSPS) is 16.4. The molecule has 158 valence electrons. The van der Waals surface area contributed by atoms with Crippen molar-refractivity contribution < 1.29 is 9.32 Å². The third-order valence-electron chi connectivity index (χ3n) is 4.73. The van der Waals surface area contributed by atoms with Crippen LogP contribution >= 0.6 is 0 Å². The van der Waals surface area contributed by atoms with Crippen LogP contribution in [0.15, 0.2) is 9.52 Å². The van der Waals surface area contributed by atoms with Crippen LogP contribution in [-0.4, -0.2) is 84.7 Å². The average Bonchev–Trinajstić information content (AvgIpc) is 3.12. The third kappa shape index (κ3) is 7.10. The first-order chi connectivity index (χ1) is 13.4. The molecule has 9 nitrogen and oxygen atoms in total. The molecule has 2 rings (SSSR count). The van der Waals surface area contributed by atoms with Gasteiger partial charge in [0.15, 0.2) is 11.8 Å². The Hall–Kier alpha value is -2.16. The molecule has 9 heteroatoms. The lowest BCUT2D eigenvalue weighted by Gasteiger charge is -2.33. The van der Waals surface area contributed by atoms with Gasteiger partial charge in [-0.05, 0) is 19.8 Å². The summed E-state index contributed by atoms with van der Waals surface area (Å²) in [6, 6.07) is 0.361. The van der Waals surface area contributed by atoms with E-state index in [-0.39, 0.29) is 11.8 Å². The lowest BCUT2D eigenvalue weighted by Crippen LogP contribution is -2.50. The van der Waals surface area contributed by atoms with Gasteiger partial charge in [0.2, 0.25) is 11.8 Å². The van der Waals surface area contributed by atoms with Gasteiger partial charge in [0, 0.05) is 52.1 Å². The van der Waals surface area contributed by atoms with E-state index in [9.17, 15) is 4.79 Å². The van der Waals surface area contributed by atoms with E-state index in [1.54, 1.807) is 19.0 Å². The molecular weight excluding hydrogens is 358 g/mol. The van der Waals surface area contributed by atoms with E-state index in [0.717, 1.165) is 44.3 Å². The van der Waals surface area contributed by atoms with Crippen molar-refractivity contribution in [3.63, 3.8) is 0 Å². The van der Waals surface area contributed by atoms with Crippen LogP contribution in [0.3, 0.4) is 0 Å². The predicted molar refractivity (Wildman–Crippen MR) is 109 cm³/mol. The molecule has 1 amide bonds. The molecule has 28 heavy (non-hydrogen) atoms. The third-order valence-corrected chi connectivity index (χ3v) is 4.73. The second kappa shape index (κ2) is 11.0. The highest BCUT2D eigenvalue weighted by molar-refractivity contribution is 5.80. The van der Waals surface area contributed by atoms with Crippen molar-refractivity contribution >= 4 is 11.9 Å². The van der Waals surface area contributed by atoms with Crippen LogP contribution in [0.4, 0.5) is 0 Å². The molecule has 1 saturated heterocycles. The summed E-state index contributed by atoms with van der Waals surface area (Å²) < 4.78 is 5.27. The van der Waals surface area contributed by atoms with E-state index in [1.807, 2.05) is 13.8 Å². The number of nitrogens with zero attached hydrogens (tertiary/aromatic N) is 5. The highest BCUT2D eigenvalue weighted by atomic mass is 16.5. The average molecular weight is 394 g/mol. The summed E-state index contributed by atoms with van der Waals surface area (Å²) in [4.78, 5) is 24.7. The Balaban J connectivity index is 1.78. The maximum atomic E-state index is 11.9. The molecule has 1 aromatic heterocycles. The molecule has 1 fully saturated rings. The van der Waals surface area contributed by atoms with Crippen LogP contribution in [0.1, 0.15) is 51.2 Å². The first-order valence-corrected chi connectivity index (χ1v) is 10.2. The second-order valence-electron chi connectivity index (χ2n) is 7.69. The minimum Gasteiger partial charge on any atom is -0.357 e. The summed E-state index contributed by atoms with van der Waals surface area (Å²) in [6.45, 7) is 9.86. The number of guanidine groups is 1. The molecule has 1 aliphatic rings. The fourth-order valence-corrected chi connectivity index (χ4v) is 2.95. The number of likely N-dealkylation sites (N-methyl/N-ethyl adjacent to an activating group) is 1. The van der Waals surface area contributed by atoms with E-state index in [2.05, 4.69) is 37.6 Å². The highest BCUT2D eigenvalue weighted by Gasteiger charge is 2.22. The number of likely N-dealkylation sites (tertiary alicyclic amines) is 1.